The second-order valence-electron chi connectivity index (χ2n) is 8.02. The number of alkyl halides is 2. The summed E-state index contributed by atoms with van der Waals surface area (Å²) < 4.78 is 61.9. The zero-order valence-corrected chi connectivity index (χ0v) is 24.3. The Labute approximate surface area is 228 Å². The highest BCUT2D eigenvalue weighted by Gasteiger charge is 2.51. The first-order valence-electron chi connectivity index (χ1n) is 11.1. The predicted octanol–water partition coefficient (Wildman–Crippen LogP) is 6.63. The summed E-state index contributed by atoms with van der Waals surface area (Å²) >= 11 is 4.47. The zero-order valence-electron chi connectivity index (χ0n) is 20.1. The molecule has 0 aliphatic rings. The van der Waals surface area contributed by atoms with Crippen LogP contribution >= 0.6 is 35.3 Å². The van der Waals surface area contributed by atoms with Gasteiger partial charge in [-0.15, -0.1) is 0 Å². The number of hydrogen-bond acceptors (Lipinski definition) is 5. The molecule has 0 spiro atoms. The number of halogens is 3. The van der Waals surface area contributed by atoms with Gasteiger partial charge in [-0.2, -0.15) is 20.5 Å². The maximum absolute atomic E-state index is 13.9. The third kappa shape index (κ3) is 8.95. The van der Waals surface area contributed by atoms with E-state index >= 15 is 0 Å². The molecular weight excluding hydrogens is 609 g/mol. The molecule has 0 aliphatic carbocycles. The zero-order chi connectivity index (χ0) is 27.9. The molecule has 37 heavy (non-hydrogen) atoms. The van der Waals surface area contributed by atoms with Crippen LogP contribution in [0.1, 0.15) is 43.4 Å². The van der Waals surface area contributed by atoms with E-state index in [0.717, 1.165) is 11.6 Å². The summed E-state index contributed by atoms with van der Waals surface area (Å²) in [7, 11) is -9.46. The molecule has 0 saturated carbocycles. The number of aromatic nitrogens is 1. The highest BCUT2D eigenvalue weighted by molar-refractivity contribution is 9.10. The Balaban J connectivity index is 0.00000112. The summed E-state index contributed by atoms with van der Waals surface area (Å²) in [5, 5.41) is 5.16. The molecule has 3 rings (SSSR count). The quantitative estimate of drug-likeness (QED) is 0.225. The minimum absolute atomic E-state index is 0.00262. The van der Waals surface area contributed by atoms with Crippen LogP contribution in [0.5, 0.6) is 0 Å². The number of benzene rings is 2. The maximum Gasteiger partial charge on any atom is 0.399 e. The fourth-order valence-corrected chi connectivity index (χ4v) is 5.67. The molecule has 3 aromatic rings. The maximum atomic E-state index is 13.9. The highest BCUT2D eigenvalue weighted by atomic mass is 79.9. The highest BCUT2D eigenvalue weighted by Crippen LogP contribution is 2.60. The first-order chi connectivity index (χ1) is 17.2. The molecule has 4 N–H and O–H groups in total. The van der Waals surface area contributed by atoms with Gasteiger partial charge in [0, 0.05) is 33.3 Å². The van der Waals surface area contributed by atoms with Crippen LogP contribution in [0.4, 0.5) is 8.78 Å². The molecular formula is C24H28BrF2N2O5PS2. The molecule has 1 aromatic heterocycles. The Kier molecular flexibility index (Phi) is 11.4. The van der Waals surface area contributed by atoms with Gasteiger partial charge in [0.25, 0.3) is 0 Å². The van der Waals surface area contributed by atoms with E-state index in [1.165, 1.54) is 48.9 Å². The molecule has 0 bridgehead atoms. The Bertz CT molecular complexity index is 1350. The van der Waals surface area contributed by atoms with Crippen molar-refractivity contribution in [2.24, 2.45) is 5.14 Å². The second-order valence-corrected chi connectivity index (χ2v) is 13.1. The van der Waals surface area contributed by atoms with Gasteiger partial charge in [-0.1, -0.05) is 73.0 Å². The van der Waals surface area contributed by atoms with Crippen molar-refractivity contribution in [2.75, 3.05) is 0 Å². The Hall–Kier alpha value is -1.66. The normalized spacial score (nSPS) is 12.1. The van der Waals surface area contributed by atoms with Crippen molar-refractivity contribution in [2.45, 2.75) is 48.8 Å². The fraction of sp³-hybridized carbons (Fsp3) is 0.292. The van der Waals surface area contributed by atoms with Crippen LogP contribution < -0.4 is 5.14 Å². The van der Waals surface area contributed by atoms with Gasteiger partial charge >= 0.3 is 13.3 Å². The number of primary sulfonamides is 1. The van der Waals surface area contributed by atoms with E-state index in [0.29, 0.717) is 28.3 Å². The summed E-state index contributed by atoms with van der Waals surface area (Å²) in [6.45, 7) is 4.36. The molecule has 0 atom stereocenters. The van der Waals surface area contributed by atoms with E-state index in [-0.39, 0.29) is 9.37 Å². The summed E-state index contributed by atoms with van der Waals surface area (Å²) in [6.07, 6.45) is 4.30. The van der Waals surface area contributed by atoms with Crippen LogP contribution in [-0.4, -0.2) is 23.2 Å². The molecule has 0 amide bonds. The first-order valence-corrected chi connectivity index (χ1v) is 16.2. The number of nitrogens with zero attached hydrogens (tertiary/aromatic N) is 1. The van der Waals surface area contributed by atoms with Gasteiger partial charge in [0.1, 0.15) is 0 Å². The molecule has 0 unspecified atom stereocenters. The second kappa shape index (κ2) is 13.4. The lowest BCUT2D eigenvalue weighted by atomic mass is 10.1. The van der Waals surface area contributed by atoms with Crippen molar-refractivity contribution in [3.8, 4) is 11.3 Å². The van der Waals surface area contributed by atoms with E-state index in [1.807, 2.05) is 6.07 Å². The Morgan fingerprint density at radius 3 is 2.16 bits per heavy atom. The van der Waals surface area contributed by atoms with Crippen molar-refractivity contribution >= 4 is 45.3 Å². The van der Waals surface area contributed by atoms with Crippen LogP contribution in [0.3, 0.4) is 0 Å². The van der Waals surface area contributed by atoms with Gasteiger partial charge in [-0.25, -0.2) is 13.6 Å². The lowest BCUT2D eigenvalue weighted by Gasteiger charge is -2.19. The average Bonchev–Trinajstić information content (AvgIpc) is 2.83. The molecule has 13 heteroatoms. The monoisotopic (exact) mass is 636 g/mol. The topological polar surface area (TPSA) is 131 Å². The van der Waals surface area contributed by atoms with Gasteiger partial charge < -0.3 is 9.79 Å². The summed E-state index contributed by atoms with van der Waals surface area (Å²) in [5.74, 6) is 1.04. The summed E-state index contributed by atoms with van der Waals surface area (Å²) in [5.41, 5.74) is -2.26. The minimum Gasteiger partial charge on any atom is -0.320 e. The van der Waals surface area contributed by atoms with Crippen LogP contribution in [0.25, 0.3) is 11.3 Å². The van der Waals surface area contributed by atoms with Crippen LogP contribution in [0, 0.1) is 0 Å². The van der Waals surface area contributed by atoms with Gasteiger partial charge in [0.15, 0.2) is 0 Å². The lowest BCUT2D eigenvalue weighted by Crippen LogP contribution is -2.14. The molecule has 202 valence electrons. The number of pyridine rings is 1. The number of sulfonamides is 1. The summed E-state index contributed by atoms with van der Waals surface area (Å²) in [6, 6.07) is 13.6. The van der Waals surface area contributed by atoms with Gasteiger partial charge in [-0.3, -0.25) is 9.55 Å². The van der Waals surface area contributed by atoms with E-state index in [2.05, 4.69) is 34.8 Å². The average molecular weight is 638 g/mol. The molecule has 0 aliphatic heterocycles. The van der Waals surface area contributed by atoms with Gasteiger partial charge in [0.05, 0.1) is 10.6 Å². The largest absolute Gasteiger partial charge is 0.399 e. The Morgan fingerprint density at radius 2 is 1.65 bits per heavy atom. The Morgan fingerprint density at radius 1 is 1.03 bits per heavy atom. The van der Waals surface area contributed by atoms with Crippen molar-refractivity contribution < 1.29 is 31.6 Å². The molecule has 2 aromatic carbocycles. The first kappa shape index (κ1) is 31.6. The minimum atomic E-state index is -5.64. The third-order valence-corrected chi connectivity index (χ3v) is 8.66. The molecule has 0 saturated heterocycles. The number of hydrogen-bond donors (Lipinski definition) is 3. The number of nitrogens with two attached hydrogens (primary N) is 1. The molecule has 0 fully saturated rings. The summed E-state index contributed by atoms with van der Waals surface area (Å²) in [4.78, 5) is 22.2. The van der Waals surface area contributed by atoms with Gasteiger partial charge in [-0.05, 0) is 35.4 Å². The van der Waals surface area contributed by atoms with E-state index in [1.54, 1.807) is 24.4 Å². The van der Waals surface area contributed by atoms with Crippen LogP contribution in [-0.2, 0) is 31.8 Å². The van der Waals surface area contributed by atoms with Gasteiger partial charge in [0.2, 0.25) is 10.0 Å². The van der Waals surface area contributed by atoms with E-state index in [9.17, 15) is 21.8 Å². The van der Waals surface area contributed by atoms with Crippen LogP contribution in [0.2, 0.25) is 0 Å². The molecule has 0 radical (unpaired) electrons. The van der Waals surface area contributed by atoms with Crippen molar-refractivity contribution in [3.05, 3.63) is 82.0 Å². The van der Waals surface area contributed by atoms with Crippen molar-refractivity contribution in [1.82, 2.24) is 4.98 Å². The standard InChI is InChI=1S/C20H18BrF2N2O5PS2.C4H10/c21-18-8-13(4-6-17(18)20(22,23)31(26,27)28)11-32-12-14-5-7-19(25-10-14)15-2-1-3-16(9-15)33(24,29)30;1-3-4-2/h1-10H,11-12H2,(H2,24,29,30)(H2,26,27,28);3-4H2,1-2H3. The molecule has 7 nitrogen and oxygen atoms in total. The number of unbranched alkanes of at least 4 members (excludes halogenated alkanes) is 1. The van der Waals surface area contributed by atoms with Crippen molar-refractivity contribution in [3.63, 3.8) is 0 Å². The smallest absolute Gasteiger partial charge is 0.320 e. The van der Waals surface area contributed by atoms with E-state index in [4.69, 9.17) is 14.9 Å². The SMILES string of the molecule is CCCC.NS(=O)(=O)c1cccc(-c2ccc(CSCc3ccc(C(F)(F)P(=O)(O)O)c(Br)c3)cn2)c1. The molecule has 1 heterocycles. The van der Waals surface area contributed by atoms with Crippen molar-refractivity contribution in [1.29, 1.82) is 0 Å². The number of thioether (sulfide) groups is 1. The van der Waals surface area contributed by atoms with E-state index < -0.39 is 28.8 Å². The lowest BCUT2D eigenvalue weighted by molar-refractivity contribution is 0.0557. The fourth-order valence-electron chi connectivity index (χ4n) is 2.85. The van der Waals surface area contributed by atoms with Crippen LogP contribution in [0.15, 0.2) is 70.2 Å². The predicted molar refractivity (Wildman–Crippen MR) is 147 cm³/mol. The number of rotatable bonds is 9. The third-order valence-electron chi connectivity index (χ3n) is 5.04.